The smallest absolute Gasteiger partial charge is 0.260 e. The Hall–Kier alpha value is -2.86. The van der Waals surface area contributed by atoms with Crippen LogP contribution in [0.1, 0.15) is 18.4 Å². The molecule has 0 bridgehead atoms. The van der Waals surface area contributed by atoms with Crippen molar-refractivity contribution in [3.05, 3.63) is 65.0 Å². The van der Waals surface area contributed by atoms with E-state index in [-0.39, 0.29) is 19.1 Å². The SMILES string of the molecule is CCc1ccc(OCC(=O)N(C)Cc2nc(-c3ccccc3Cl)no2)cc1. The molecule has 0 radical (unpaired) electrons. The number of nitrogens with zero attached hydrogens (tertiary/aromatic N) is 3. The van der Waals surface area contributed by atoms with Crippen LogP contribution in [0.3, 0.4) is 0 Å². The van der Waals surface area contributed by atoms with Crippen molar-refractivity contribution >= 4 is 17.5 Å². The predicted octanol–water partition coefficient (Wildman–Crippen LogP) is 3.99. The quantitative estimate of drug-likeness (QED) is 0.615. The largest absolute Gasteiger partial charge is 0.484 e. The first-order valence-electron chi connectivity index (χ1n) is 8.60. The van der Waals surface area contributed by atoms with E-state index in [4.69, 9.17) is 20.9 Å². The molecule has 1 heterocycles. The van der Waals surface area contributed by atoms with E-state index < -0.39 is 0 Å². The minimum atomic E-state index is -0.188. The highest BCUT2D eigenvalue weighted by atomic mass is 35.5. The zero-order valence-electron chi connectivity index (χ0n) is 15.2. The Balaban J connectivity index is 1.56. The maximum absolute atomic E-state index is 12.3. The van der Waals surface area contributed by atoms with Crippen LogP contribution in [-0.4, -0.2) is 34.6 Å². The number of hydrogen-bond donors (Lipinski definition) is 0. The molecule has 0 aliphatic heterocycles. The Morgan fingerprint density at radius 3 is 2.63 bits per heavy atom. The number of halogens is 1. The molecule has 7 heteroatoms. The van der Waals surface area contributed by atoms with Crippen LogP contribution in [0.4, 0.5) is 0 Å². The van der Waals surface area contributed by atoms with Crippen molar-refractivity contribution in [1.29, 1.82) is 0 Å². The summed E-state index contributed by atoms with van der Waals surface area (Å²) in [6.45, 7) is 2.21. The minimum Gasteiger partial charge on any atom is -0.484 e. The zero-order valence-corrected chi connectivity index (χ0v) is 15.9. The fraction of sp³-hybridized carbons (Fsp3) is 0.250. The Labute approximate surface area is 162 Å². The molecule has 2 aromatic carbocycles. The molecule has 6 nitrogen and oxygen atoms in total. The van der Waals surface area contributed by atoms with Gasteiger partial charge in [0.05, 0.1) is 11.6 Å². The molecule has 27 heavy (non-hydrogen) atoms. The van der Waals surface area contributed by atoms with E-state index in [1.807, 2.05) is 42.5 Å². The van der Waals surface area contributed by atoms with Gasteiger partial charge in [-0.15, -0.1) is 0 Å². The highest BCUT2D eigenvalue weighted by Crippen LogP contribution is 2.25. The Kier molecular flexibility index (Phi) is 6.08. The zero-order chi connectivity index (χ0) is 19.2. The molecular formula is C20H20ClN3O3. The molecular weight excluding hydrogens is 366 g/mol. The van der Waals surface area contributed by atoms with Gasteiger partial charge in [-0.25, -0.2) is 0 Å². The second-order valence-electron chi connectivity index (χ2n) is 6.03. The van der Waals surface area contributed by atoms with Gasteiger partial charge in [0.15, 0.2) is 6.61 Å². The summed E-state index contributed by atoms with van der Waals surface area (Å²) >= 11 is 6.14. The second kappa shape index (κ2) is 8.68. The Morgan fingerprint density at radius 2 is 1.93 bits per heavy atom. The molecule has 140 valence electrons. The van der Waals surface area contributed by atoms with E-state index >= 15 is 0 Å². The summed E-state index contributed by atoms with van der Waals surface area (Å²) in [5, 5.41) is 4.47. The number of ether oxygens (including phenoxy) is 1. The lowest BCUT2D eigenvalue weighted by Gasteiger charge is -2.15. The van der Waals surface area contributed by atoms with E-state index in [9.17, 15) is 4.79 Å². The molecule has 1 aromatic heterocycles. The number of benzene rings is 2. The van der Waals surface area contributed by atoms with Crippen LogP contribution in [0, 0.1) is 0 Å². The van der Waals surface area contributed by atoms with E-state index in [2.05, 4.69) is 17.1 Å². The molecule has 3 aromatic rings. The molecule has 0 aliphatic carbocycles. The molecule has 0 unspecified atom stereocenters. The van der Waals surface area contributed by atoms with E-state index in [0.717, 1.165) is 6.42 Å². The van der Waals surface area contributed by atoms with Crippen molar-refractivity contribution in [2.75, 3.05) is 13.7 Å². The number of carbonyl (C=O) groups is 1. The van der Waals surface area contributed by atoms with Crippen LogP contribution in [0.5, 0.6) is 5.75 Å². The van der Waals surface area contributed by atoms with Gasteiger partial charge in [0.25, 0.3) is 5.91 Å². The van der Waals surface area contributed by atoms with Crippen molar-refractivity contribution < 1.29 is 14.1 Å². The highest BCUT2D eigenvalue weighted by Gasteiger charge is 2.16. The standard InChI is InChI=1S/C20H20ClN3O3/c1-3-14-8-10-15(11-9-14)26-13-19(25)24(2)12-18-22-20(23-27-18)16-6-4-5-7-17(16)21/h4-11H,3,12-13H2,1-2H3. The number of carbonyl (C=O) groups excluding carboxylic acids is 1. The third-order valence-electron chi connectivity index (χ3n) is 4.07. The van der Waals surface area contributed by atoms with Crippen molar-refractivity contribution in [3.63, 3.8) is 0 Å². The van der Waals surface area contributed by atoms with Crippen LogP contribution in [0.15, 0.2) is 53.1 Å². The lowest BCUT2D eigenvalue weighted by atomic mass is 10.2. The number of aromatic nitrogens is 2. The van der Waals surface area contributed by atoms with Crippen LogP contribution < -0.4 is 4.74 Å². The molecule has 0 saturated carbocycles. The van der Waals surface area contributed by atoms with Crippen LogP contribution in [0.2, 0.25) is 5.02 Å². The first-order valence-corrected chi connectivity index (χ1v) is 8.97. The maximum Gasteiger partial charge on any atom is 0.260 e. The molecule has 0 atom stereocenters. The summed E-state index contributed by atoms with van der Waals surface area (Å²) in [6.07, 6.45) is 0.961. The van der Waals surface area contributed by atoms with E-state index in [0.29, 0.717) is 28.1 Å². The van der Waals surface area contributed by atoms with E-state index in [1.54, 1.807) is 13.1 Å². The maximum atomic E-state index is 12.3. The highest BCUT2D eigenvalue weighted by molar-refractivity contribution is 6.33. The monoisotopic (exact) mass is 385 g/mol. The second-order valence-corrected chi connectivity index (χ2v) is 6.43. The van der Waals surface area contributed by atoms with Gasteiger partial charge in [-0.2, -0.15) is 4.98 Å². The Morgan fingerprint density at radius 1 is 1.19 bits per heavy atom. The third-order valence-corrected chi connectivity index (χ3v) is 4.40. The van der Waals surface area contributed by atoms with Gasteiger partial charge in [-0.05, 0) is 36.2 Å². The topological polar surface area (TPSA) is 68.5 Å². The van der Waals surface area contributed by atoms with Crippen LogP contribution in [0.25, 0.3) is 11.4 Å². The normalized spacial score (nSPS) is 10.6. The molecule has 0 N–H and O–H groups in total. The van der Waals surface area contributed by atoms with Crippen LogP contribution >= 0.6 is 11.6 Å². The first-order chi connectivity index (χ1) is 13.1. The molecule has 0 saturated heterocycles. The van der Waals surface area contributed by atoms with Gasteiger partial charge in [0.2, 0.25) is 11.7 Å². The number of rotatable bonds is 7. The van der Waals surface area contributed by atoms with Gasteiger partial charge >= 0.3 is 0 Å². The molecule has 1 amide bonds. The summed E-state index contributed by atoms with van der Waals surface area (Å²) in [6, 6.07) is 14.9. The number of aryl methyl sites for hydroxylation is 1. The summed E-state index contributed by atoms with van der Waals surface area (Å²) in [5.74, 6) is 1.19. The predicted molar refractivity (Wildman–Crippen MR) is 103 cm³/mol. The molecule has 0 spiro atoms. The van der Waals surface area contributed by atoms with Crippen molar-refractivity contribution in [2.45, 2.75) is 19.9 Å². The summed E-state index contributed by atoms with van der Waals surface area (Å²) in [7, 11) is 1.66. The lowest BCUT2D eigenvalue weighted by molar-refractivity contribution is -0.132. The molecule has 0 fully saturated rings. The van der Waals surface area contributed by atoms with Gasteiger partial charge in [0.1, 0.15) is 5.75 Å². The average Bonchev–Trinajstić information content (AvgIpc) is 3.15. The number of amides is 1. The Bertz CT molecular complexity index is 909. The van der Waals surface area contributed by atoms with Crippen LogP contribution in [-0.2, 0) is 17.8 Å². The van der Waals surface area contributed by atoms with Gasteiger partial charge in [-0.3, -0.25) is 4.79 Å². The minimum absolute atomic E-state index is 0.0620. The summed E-state index contributed by atoms with van der Waals surface area (Å²) in [5.41, 5.74) is 1.90. The lowest BCUT2D eigenvalue weighted by Crippen LogP contribution is -2.31. The van der Waals surface area contributed by atoms with Crippen molar-refractivity contribution in [2.24, 2.45) is 0 Å². The van der Waals surface area contributed by atoms with Gasteiger partial charge in [0, 0.05) is 12.6 Å². The average molecular weight is 386 g/mol. The number of likely N-dealkylation sites (N-methyl/N-ethyl adjacent to an activating group) is 1. The summed E-state index contributed by atoms with van der Waals surface area (Å²) < 4.78 is 10.8. The third kappa shape index (κ3) is 4.86. The summed E-state index contributed by atoms with van der Waals surface area (Å²) in [4.78, 5) is 18.0. The van der Waals surface area contributed by atoms with E-state index in [1.165, 1.54) is 10.5 Å². The first kappa shape index (κ1) is 18.9. The molecule has 3 rings (SSSR count). The van der Waals surface area contributed by atoms with Gasteiger partial charge in [-0.1, -0.05) is 47.9 Å². The molecule has 0 aliphatic rings. The fourth-order valence-corrected chi connectivity index (χ4v) is 2.66. The van der Waals surface area contributed by atoms with Crippen molar-refractivity contribution in [3.8, 4) is 17.1 Å². The van der Waals surface area contributed by atoms with Gasteiger partial charge < -0.3 is 14.2 Å². The van der Waals surface area contributed by atoms with Crippen molar-refractivity contribution in [1.82, 2.24) is 15.0 Å². The fourth-order valence-electron chi connectivity index (χ4n) is 2.44. The number of hydrogen-bond acceptors (Lipinski definition) is 5.